The Morgan fingerprint density at radius 2 is 2.11 bits per heavy atom. The van der Waals surface area contributed by atoms with Crippen molar-refractivity contribution in [2.75, 3.05) is 26.2 Å². The van der Waals surface area contributed by atoms with Crippen LogP contribution < -0.4 is 10.6 Å². The van der Waals surface area contributed by atoms with E-state index in [-0.39, 0.29) is 0 Å². The highest BCUT2D eigenvalue weighted by Gasteiger charge is 2.22. The van der Waals surface area contributed by atoms with Crippen molar-refractivity contribution in [1.82, 2.24) is 15.5 Å². The van der Waals surface area contributed by atoms with Gasteiger partial charge in [-0.3, -0.25) is 9.59 Å². The lowest BCUT2D eigenvalue weighted by molar-refractivity contribution is -0.146. The second-order valence-electron chi connectivity index (χ2n) is 3.93. The minimum absolute atomic E-state index is 0.341. The Hall–Kier alpha value is -1.11. The minimum atomic E-state index is -0.554. The summed E-state index contributed by atoms with van der Waals surface area (Å²) in [5, 5.41) is 5.74. The molecule has 1 saturated heterocycles. The lowest BCUT2D eigenvalue weighted by atomic mass is 10.3. The molecular weight excluding hydrogens is 274 g/mol. The summed E-state index contributed by atoms with van der Waals surface area (Å²) in [7, 11) is 0. The van der Waals surface area contributed by atoms with Gasteiger partial charge < -0.3 is 15.5 Å². The molecule has 1 aromatic rings. The van der Waals surface area contributed by atoms with Gasteiger partial charge in [0.05, 0.1) is 10.9 Å². The molecule has 1 aliphatic heterocycles. The summed E-state index contributed by atoms with van der Waals surface area (Å²) in [6.45, 7) is 2.97. The van der Waals surface area contributed by atoms with Gasteiger partial charge in [0.2, 0.25) is 0 Å². The normalized spacial score (nSPS) is 15.5. The second kappa shape index (κ2) is 6.17. The summed E-state index contributed by atoms with van der Waals surface area (Å²) in [6, 6.07) is 3.61. The van der Waals surface area contributed by atoms with Crippen LogP contribution in [0.25, 0.3) is 0 Å². The smallest absolute Gasteiger partial charge is 0.311 e. The number of nitrogens with one attached hydrogen (secondary N) is 2. The summed E-state index contributed by atoms with van der Waals surface area (Å²) in [6.07, 6.45) is 0. The van der Waals surface area contributed by atoms with Crippen LogP contribution in [-0.2, 0) is 16.1 Å². The zero-order valence-corrected chi connectivity index (χ0v) is 11.3. The van der Waals surface area contributed by atoms with Crippen LogP contribution in [0.15, 0.2) is 12.1 Å². The van der Waals surface area contributed by atoms with E-state index in [1.54, 1.807) is 11.0 Å². The van der Waals surface area contributed by atoms with Crippen molar-refractivity contribution in [2.45, 2.75) is 6.54 Å². The number of nitrogens with zero attached hydrogens (tertiary/aromatic N) is 1. The molecule has 0 atom stereocenters. The third-order valence-corrected chi connectivity index (χ3v) is 3.88. The van der Waals surface area contributed by atoms with Crippen LogP contribution in [-0.4, -0.2) is 42.9 Å². The van der Waals surface area contributed by atoms with E-state index in [1.807, 2.05) is 6.07 Å². The Balaban J connectivity index is 1.81. The first-order valence-electron chi connectivity index (χ1n) is 5.69. The van der Waals surface area contributed by atoms with E-state index >= 15 is 0 Å². The van der Waals surface area contributed by atoms with E-state index in [0.717, 1.165) is 18.0 Å². The summed E-state index contributed by atoms with van der Waals surface area (Å²) in [5.41, 5.74) is 0. The molecule has 0 bridgehead atoms. The highest BCUT2D eigenvalue weighted by atomic mass is 35.5. The molecule has 98 valence electrons. The first-order valence-corrected chi connectivity index (χ1v) is 6.88. The zero-order valence-electron chi connectivity index (χ0n) is 9.74. The SMILES string of the molecule is O=C(NCc1ccc(Cl)s1)C(=O)N1CCNCC1. The van der Waals surface area contributed by atoms with Gasteiger partial charge in [0.1, 0.15) is 0 Å². The summed E-state index contributed by atoms with van der Waals surface area (Å²) in [4.78, 5) is 26.0. The molecule has 0 spiro atoms. The number of hydrogen-bond acceptors (Lipinski definition) is 4. The molecule has 5 nitrogen and oxygen atoms in total. The van der Waals surface area contributed by atoms with E-state index in [9.17, 15) is 9.59 Å². The largest absolute Gasteiger partial charge is 0.343 e. The van der Waals surface area contributed by atoms with E-state index in [0.29, 0.717) is 24.0 Å². The lowest BCUT2D eigenvalue weighted by Gasteiger charge is -2.26. The molecule has 0 aliphatic carbocycles. The second-order valence-corrected chi connectivity index (χ2v) is 5.73. The Morgan fingerprint density at radius 3 is 2.72 bits per heavy atom. The van der Waals surface area contributed by atoms with Crippen molar-refractivity contribution in [1.29, 1.82) is 0 Å². The molecule has 18 heavy (non-hydrogen) atoms. The van der Waals surface area contributed by atoms with Crippen molar-refractivity contribution < 1.29 is 9.59 Å². The average molecular weight is 288 g/mol. The summed E-state index contributed by atoms with van der Waals surface area (Å²) in [5.74, 6) is -1.01. The quantitative estimate of drug-likeness (QED) is 0.777. The van der Waals surface area contributed by atoms with Crippen LogP contribution in [0.3, 0.4) is 0 Å². The molecule has 2 N–H and O–H groups in total. The van der Waals surface area contributed by atoms with Gasteiger partial charge in [0, 0.05) is 31.1 Å². The summed E-state index contributed by atoms with van der Waals surface area (Å²) < 4.78 is 0.674. The Kier molecular flexibility index (Phi) is 4.57. The van der Waals surface area contributed by atoms with Gasteiger partial charge in [0.25, 0.3) is 0 Å². The first-order chi connectivity index (χ1) is 8.66. The van der Waals surface area contributed by atoms with Crippen molar-refractivity contribution >= 4 is 34.8 Å². The number of carbonyl (C=O) groups excluding carboxylic acids is 2. The molecule has 1 fully saturated rings. The molecule has 1 aromatic heterocycles. The predicted molar refractivity (Wildman–Crippen MR) is 70.6 cm³/mol. The maximum absolute atomic E-state index is 11.8. The van der Waals surface area contributed by atoms with E-state index < -0.39 is 11.8 Å². The van der Waals surface area contributed by atoms with Crippen LogP contribution in [0.1, 0.15) is 4.88 Å². The van der Waals surface area contributed by atoms with Crippen molar-refractivity contribution in [3.8, 4) is 0 Å². The standard InChI is InChI=1S/C11H14ClN3O2S/c12-9-2-1-8(18-9)7-14-10(16)11(17)15-5-3-13-4-6-15/h1-2,13H,3-7H2,(H,14,16). The number of rotatable bonds is 2. The molecule has 0 radical (unpaired) electrons. The molecule has 7 heteroatoms. The fourth-order valence-corrected chi connectivity index (χ4v) is 2.73. The zero-order chi connectivity index (χ0) is 13.0. The number of halogens is 1. The van der Waals surface area contributed by atoms with Crippen LogP contribution in [0, 0.1) is 0 Å². The third-order valence-electron chi connectivity index (χ3n) is 2.65. The molecule has 1 aliphatic rings. The number of hydrogen-bond donors (Lipinski definition) is 2. The maximum atomic E-state index is 11.8. The topological polar surface area (TPSA) is 61.4 Å². The van der Waals surface area contributed by atoms with Gasteiger partial charge in [-0.1, -0.05) is 11.6 Å². The van der Waals surface area contributed by atoms with Gasteiger partial charge in [0.15, 0.2) is 0 Å². The van der Waals surface area contributed by atoms with Gasteiger partial charge in [-0.05, 0) is 12.1 Å². The van der Waals surface area contributed by atoms with Crippen LogP contribution >= 0.6 is 22.9 Å². The number of thiophene rings is 1. The Morgan fingerprint density at radius 1 is 1.39 bits per heavy atom. The highest BCUT2D eigenvalue weighted by molar-refractivity contribution is 7.16. The van der Waals surface area contributed by atoms with Crippen molar-refractivity contribution in [2.24, 2.45) is 0 Å². The fraction of sp³-hybridized carbons (Fsp3) is 0.455. The molecular formula is C11H14ClN3O2S. The molecule has 0 unspecified atom stereocenters. The van der Waals surface area contributed by atoms with Gasteiger partial charge >= 0.3 is 11.8 Å². The fourth-order valence-electron chi connectivity index (χ4n) is 1.70. The Labute approximate surface area is 114 Å². The van der Waals surface area contributed by atoms with Crippen LogP contribution in [0.5, 0.6) is 0 Å². The van der Waals surface area contributed by atoms with E-state index in [1.165, 1.54) is 11.3 Å². The molecule has 2 rings (SSSR count). The lowest BCUT2D eigenvalue weighted by Crippen LogP contribution is -2.51. The minimum Gasteiger partial charge on any atom is -0.343 e. The van der Waals surface area contributed by atoms with Crippen molar-refractivity contribution in [3.05, 3.63) is 21.3 Å². The Bertz CT molecular complexity index is 443. The van der Waals surface area contributed by atoms with Gasteiger partial charge in [-0.25, -0.2) is 0 Å². The van der Waals surface area contributed by atoms with Crippen LogP contribution in [0.4, 0.5) is 0 Å². The number of amides is 2. The van der Waals surface area contributed by atoms with E-state index in [4.69, 9.17) is 11.6 Å². The van der Waals surface area contributed by atoms with Gasteiger partial charge in [-0.2, -0.15) is 0 Å². The average Bonchev–Trinajstić information content (AvgIpc) is 2.82. The van der Waals surface area contributed by atoms with E-state index in [2.05, 4.69) is 10.6 Å². The molecule has 2 amide bonds. The molecule has 0 aromatic carbocycles. The first kappa shape index (κ1) is 13.3. The van der Waals surface area contributed by atoms with Crippen molar-refractivity contribution in [3.63, 3.8) is 0 Å². The number of carbonyl (C=O) groups is 2. The summed E-state index contributed by atoms with van der Waals surface area (Å²) >= 11 is 7.18. The molecule has 0 saturated carbocycles. The monoisotopic (exact) mass is 287 g/mol. The predicted octanol–water partition coefficient (Wildman–Crippen LogP) is 0.449. The third kappa shape index (κ3) is 3.44. The maximum Gasteiger partial charge on any atom is 0.311 e. The van der Waals surface area contributed by atoms with Crippen LogP contribution in [0.2, 0.25) is 4.34 Å². The molecule has 2 heterocycles. The van der Waals surface area contributed by atoms with Gasteiger partial charge in [-0.15, -0.1) is 11.3 Å². The number of piperazine rings is 1. The highest BCUT2D eigenvalue weighted by Crippen LogP contribution is 2.20.